The minimum Gasteiger partial charge on any atom is -0.311 e. The second-order valence-corrected chi connectivity index (χ2v) is 28.3. The van der Waals surface area contributed by atoms with Crippen LogP contribution in [0.2, 0.25) is 0 Å². The lowest BCUT2D eigenvalue weighted by Gasteiger charge is -2.20. The van der Waals surface area contributed by atoms with Crippen LogP contribution in [0.4, 0.5) is 0 Å². The highest BCUT2D eigenvalue weighted by Gasteiger charge is 2.16. The second-order valence-electron chi connectivity index (χ2n) is 24.6. The smallest absolute Gasteiger partial charge is 0.0482 e. The molecule has 12 aromatic carbocycles. The van der Waals surface area contributed by atoms with Gasteiger partial charge in [-0.1, -0.05) is 142 Å². The molecule has 0 saturated heterocycles. The summed E-state index contributed by atoms with van der Waals surface area (Å²) in [5, 5.41) is 0. The summed E-state index contributed by atoms with van der Waals surface area (Å²) in [5.41, 5.74) is 20.9. The number of rotatable bonds is 6. The minimum atomic E-state index is -0.00999. The first-order chi connectivity index (χ1) is 43.5. The molecule has 0 aliphatic carbocycles. The zero-order chi connectivity index (χ0) is 62.3. The molecule has 0 amide bonds. The van der Waals surface area contributed by atoms with E-state index >= 15 is 0 Å². The van der Waals surface area contributed by atoms with Crippen molar-refractivity contribution in [2.24, 2.45) is 0 Å². The van der Waals surface area contributed by atoms with Crippen LogP contribution in [0.1, 0.15) is 52.7 Å². The molecule has 6 nitrogen and oxygen atoms in total. The van der Waals surface area contributed by atoms with Crippen LogP contribution in [0, 0.1) is 0 Å². The molecule has 444 valence electrons. The lowest BCUT2D eigenvalue weighted by molar-refractivity contribution is 0.590. The van der Waals surface area contributed by atoms with Crippen LogP contribution < -0.4 is 0 Å². The van der Waals surface area contributed by atoms with Gasteiger partial charge in [0.25, 0.3) is 0 Å². The van der Waals surface area contributed by atoms with Crippen LogP contribution in [0.5, 0.6) is 0 Å². The summed E-state index contributed by atoms with van der Waals surface area (Å²) in [6.45, 7) is 13.6. The molecule has 0 N–H and O–H groups in total. The Morgan fingerprint density at radius 3 is 0.511 bits per heavy atom. The van der Waals surface area contributed by atoms with E-state index in [1.807, 2.05) is 0 Å². The van der Waals surface area contributed by atoms with Crippen molar-refractivity contribution in [1.82, 2.24) is 27.4 Å². The Kier molecular flexibility index (Phi) is 17.0. The third-order valence-corrected chi connectivity index (χ3v) is 18.6. The Hall–Kier alpha value is -8.64. The predicted octanol–water partition coefficient (Wildman–Crippen LogP) is 24.1. The average molecular weight is 1430 g/mol. The first kappa shape index (κ1) is 60.3. The van der Waals surface area contributed by atoms with Gasteiger partial charge in [0, 0.05) is 118 Å². The lowest BCUT2D eigenvalue weighted by atomic mass is 9.87. The zero-order valence-corrected chi connectivity index (χ0v) is 57.3. The summed E-state index contributed by atoms with van der Waals surface area (Å²) in [6, 6.07) is 106. The largest absolute Gasteiger partial charge is 0.311 e. The highest BCUT2D eigenvalue weighted by atomic mass is 79.9. The molecule has 7 aromatic heterocycles. The first-order valence-corrected chi connectivity index (χ1v) is 33.3. The van der Waals surface area contributed by atoms with E-state index in [0.717, 1.165) is 118 Å². The SMILES string of the molecule is CC(C)(C)c1ccc(-n2c3ccc(cc3)n(-c3ccc(Br)cc3)c3cccc(c3)n(-c3ccc(Br)cc3)c3ccc(cc3)n(-c3ccc(C(C)(C)C)cc3)c3ccc(cc3)n(-c3ccc(Br)cc3)c3cccc(c3)n(-c3ccc(Br)cc3)c3ccc2cc3)cc1. The summed E-state index contributed by atoms with van der Waals surface area (Å²) in [7, 11) is 0. The topological polar surface area (TPSA) is 29.6 Å². The molecule has 0 atom stereocenters. The number of hydrogen-bond donors (Lipinski definition) is 0. The van der Waals surface area contributed by atoms with E-state index in [1.165, 1.54) is 11.1 Å². The van der Waals surface area contributed by atoms with Crippen LogP contribution in [-0.2, 0) is 10.8 Å². The van der Waals surface area contributed by atoms with Gasteiger partial charge < -0.3 is 27.4 Å². The van der Waals surface area contributed by atoms with Crippen molar-refractivity contribution >= 4 is 130 Å². The lowest BCUT2D eigenvalue weighted by Crippen LogP contribution is -2.11. The number of benzene rings is 12. The fraction of sp³-hybridized carbons (Fsp3) is 0.100. The van der Waals surface area contributed by atoms with Crippen LogP contribution in [0.15, 0.2) is 309 Å². The van der Waals surface area contributed by atoms with E-state index in [-0.39, 0.29) is 10.8 Å². The fourth-order valence-corrected chi connectivity index (χ4v) is 12.9. The molecule has 19 rings (SSSR count). The van der Waals surface area contributed by atoms with E-state index in [1.54, 1.807) is 0 Å². The molecule has 19 aromatic rings. The van der Waals surface area contributed by atoms with Crippen molar-refractivity contribution < 1.29 is 0 Å². The van der Waals surface area contributed by atoms with Crippen molar-refractivity contribution in [2.75, 3.05) is 0 Å². The molecule has 7 heterocycles. The molecule has 0 unspecified atom stereocenters. The van der Waals surface area contributed by atoms with Crippen molar-refractivity contribution in [1.29, 1.82) is 0 Å². The van der Waals surface area contributed by atoms with Gasteiger partial charge in [0.1, 0.15) is 0 Å². The van der Waals surface area contributed by atoms with Gasteiger partial charge in [0.05, 0.1) is 0 Å². The molecule has 12 bridgehead atoms. The molecule has 0 spiro atoms. The molecular formula is C80H66Br4N6. The zero-order valence-electron chi connectivity index (χ0n) is 50.9. The minimum absolute atomic E-state index is 0.00999. The summed E-state index contributed by atoms with van der Waals surface area (Å²) in [4.78, 5) is 0. The Bertz CT molecular complexity index is 4470. The van der Waals surface area contributed by atoms with Crippen molar-refractivity contribution in [3.05, 3.63) is 320 Å². The standard InChI is InChI=1S/C80H66Br4N6/c1-79(2,3)55-13-25-61(26-14-55)85-67-37-45-71(46-38-67)87(63-29-17-57(81)18-30-63)75-9-7-11-77(53-75)89(65-33-21-59(83)22-34-65)73-49-41-69(42-50-73)86(62-27-15-56(16-28-62)80(4,5)6)70-43-51-74(52-44-70)90(66-35-23-60(84)24-36-66)78-12-8-10-76(54-78)88(64-31-19-58(82)20-32-64)72-47-39-68(85)40-48-72/h7-54H,1-6H3. The molecule has 0 radical (unpaired) electrons. The van der Waals surface area contributed by atoms with Gasteiger partial charge in [-0.3, -0.25) is 0 Å². The maximum Gasteiger partial charge on any atom is 0.0482 e. The van der Waals surface area contributed by atoms with Gasteiger partial charge in [0.2, 0.25) is 0 Å². The number of halogens is 4. The van der Waals surface area contributed by atoms with Crippen molar-refractivity contribution in [3.63, 3.8) is 0 Å². The van der Waals surface area contributed by atoms with Gasteiger partial charge in [-0.15, -0.1) is 0 Å². The van der Waals surface area contributed by atoms with Gasteiger partial charge >= 0.3 is 0 Å². The number of nitrogens with zero attached hydrogens (tertiary/aromatic N) is 6. The molecular weight excluding hydrogens is 1360 g/mol. The van der Waals surface area contributed by atoms with Crippen molar-refractivity contribution in [2.45, 2.75) is 52.4 Å². The summed E-state index contributed by atoms with van der Waals surface area (Å²) >= 11 is 15.0. The Morgan fingerprint density at radius 1 is 0.189 bits per heavy atom. The summed E-state index contributed by atoms with van der Waals surface area (Å²) < 4.78 is 18.1. The highest BCUT2D eigenvalue weighted by molar-refractivity contribution is 9.11. The van der Waals surface area contributed by atoms with Crippen molar-refractivity contribution in [3.8, 4) is 34.1 Å². The van der Waals surface area contributed by atoms with E-state index in [4.69, 9.17) is 0 Å². The predicted molar refractivity (Wildman–Crippen MR) is 395 cm³/mol. The monoisotopic (exact) mass is 1430 g/mol. The van der Waals surface area contributed by atoms with Gasteiger partial charge in [-0.2, -0.15) is 0 Å². The Balaban J connectivity index is 1.18. The van der Waals surface area contributed by atoms with E-state index in [9.17, 15) is 0 Å². The maximum absolute atomic E-state index is 3.74. The Labute approximate surface area is 559 Å². The fourth-order valence-electron chi connectivity index (χ4n) is 11.8. The number of hydrogen-bond acceptors (Lipinski definition) is 0. The second kappa shape index (κ2) is 25.3. The number of aromatic nitrogens is 6. The maximum atomic E-state index is 3.74. The van der Waals surface area contributed by atoms with Gasteiger partial charge in [0.15, 0.2) is 0 Å². The Morgan fingerprint density at radius 2 is 0.344 bits per heavy atom. The third-order valence-electron chi connectivity index (χ3n) is 16.5. The average Bonchev–Trinajstić information content (AvgIpc) is 1.13. The molecule has 10 heteroatoms. The molecule has 0 fully saturated rings. The normalized spacial score (nSPS) is 11.7. The summed E-state index contributed by atoms with van der Waals surface area (Å²) in [5.74, 6) is 0. The molecule has 0 saturated carbocycles. The highest BCUT2D eigenvalue weighted by Crippen LogP contribution is 2.32. The van der Waals surface area contributed by atoms with E-state index in [2.05, 4.69) is 424 Å². The third kappa shape index (κ3) is 12.8. The molecule has 0 aliphatic rings. The van der Waals surface area contributed by atoms with Crippen LogP contribution in [-0.4, -0.2) is 27.4 Å². The van der Waals surface area contributed by atoms with E-state index in [0.29, 0.717) is 0 Å². The first-order valence-electron chi connectivity index (χ1n) is 30.1. The summed E-state index contributed by atoms with van der Waals surface area (Å²) in [6.07, 6.45) is 0. The molecule has 90 heavy (non-hydrogen) atoms. The molecule has 0 aliphatic heterocycles. The van der Waals surface area contributed by atoms with E-state index < -0.39 is 0 Å². The van der Waals surface area contributed by atoms with Crippen LogP contribution in [0.25, 0.3) is 100 Å². The van der Waals surface area contributed by atoms with Gasteiger partial charge in [-0.05, 0) is 277 Å². The quantitative estimate of drug-likeness (QED) is 0.159. The van der Waals surface area contributed by atoms with Crippen LogP contribution in [0.3, 0.4) is 0 Å². The van der Waals surface area contributed by atoms with Gasteiger partial charge in [-0.25, -0.2) is 0 Å². The van der Waals surface area contributed by atoms with Crippen LogP contribution >= 0.6 is 63.7 Å².